The Labute approximate surface area is 110 Å². The fourth-order valence-electron chi connectivity index (χ4n) is 1.37. The van der Waals surface area contributed by atoms with Crippen LogP contribution in [-0.4, -0.2) is 26.1 Å². The zero-order chi connectivity index (χ0) is 14.0. The third kappa shape index (κ3) is 2.65. The zero-order valence-electron chi connectivity index (χ0n) is 9.65. The van der Waals surface area contributed by atoms with Crippen molar-refractivity contribution in [2.45, 2.75) is 6.92 Å². The average Bonchev–Trinajstić information content (AvgIpc) is 2.74. The van der Waals surface area contributed by atoms with E-state index < -0.39 is 22.3 Å². The Balaban J connectivity index is 2.29. The number of anilines is 1. The molecule has 8 nitrogen and oxygen atoms in total. The lowest BCUT2D eigenvalue weighted by Gasteiger charge is -2.03. The van der Waals surface area contributed by atoms with Gasteiger partial charge in [0.05, 0.1) is 10.5 Å². The van der Waals surface area contributed by atoms with E-state index in [-0.39, 0.29) is 10.7 Å². The van der Waals surface area contributed by atoms with Crippen LogP contribution in [0.3, 0.4) is 0 Å². The van der Waals surface area contributed by atoms with Gasteiger partial charge in [-0.3, -0.25) is 20.2 Å². The first kappa shape index (κ1) is 12.9. The number of aryl methyl sites for hydroxylation is 1. The summed E-state index contributed by atoms with van der Waals surface area (Å²) in [5.74, 6) is -1.36. The van der Waals surface area contributed by atoms with E-state index in [4.69, 9.17) is 0 Å². The summed E-state index contributed by atoms with van der Waals surface area (Å²) in [5.41, 5.74) is -0.719. The Morgan fingerprint density at radius 3 is 2.79 bits per heavy atom. The highest BCUT2D eigenvalue weighted by atomic mass is 32.1. The second-order valence-corrected chi connectivity index (χ2v) is 4.69. The molecule has 0 fully saturated rings. The first-order chi connectivity index (χ1) is 8.99. The quantitative estimate of drug-likeness (QED) is 0.652. The monoisotopic (exact) mass is 280 g/mol. The number of nitro benzene ring substituents is 1. The summed E-state index contributed by atoms with van der Waals surface area (Å²) >= 11 is 1.16. The number of aromatic hydroxyl groups is 1. The molecule has 0 aliphatic carbocycles. The molecule has 0 unspecified atom stereocenters. The molecule has 0 bridgehead atoms. The molecule has 2 rings (SSSR count). The van der Waals surface area contributed by atoms with Gasteiger partial charge in [0.2, 0.25) is 10.9 Å². The van der Waals surface area contributed by atoms with Crippen molar-refractivity contribution in [1.29, 1.82) is 0 Å². The van der Waals surface area contributed by atoms with Gasteiger partial charge >= 0.3 is 5.69 Å². The van der Waals surface area contributed by atoms with Gasteiger partial charge in [0.1, 0.15) is 5.01 Å². The van der Waals surface area contributed by atoms with Crippen LogP contribution in [0.4, 0.5) is 10.8 Å². The topological polar surface area (TPSA) is 118 Å². The molecule has 98 valence electrons. The summed E-state index contributed by atoms with van der Waals surface area (Å²) in [6.07, 6.45) is 0. The van der Waals surface area contributed by atoms with Gasteiger partial charge in [-0.15, -0.1) is 10.2 Å². The minimum atomic E-state index is -0.763. The molecule has 0 radical (unpaired) electrons. The molecule has 2 aromatic rings. The van der Waals surface area contributed by atoms with Gasteiger partial charge in [-0.2, -0.15) is 0 Å². The van der Waals surface area contributed by atoms with Crippen LogP contribution in [0.15, 0.2) is 18.2 Å². The highest BCUT2D eigenvalue weighted by Gasteiger charge is 2.21. The lowest BCUT2D eigenvalue weighted by atomic mass is 10.1. The number of carbonyl (C=O) groups excluding carboxylic acids is 1. The molecule has 1 aromatic carbocycles. The van der Waals surface area contributed by atoms with Crippen LogP contribution in [0.5, 0.6) is 5.75 Å². The van der Waals surface area contributed by atoms with Gasteiger partial charge in [-0.25, -0.2) is 0 Å². The van der Waals surface area contributed by atoms with E-state index in [9.17, 15) is 20.0 Å². The van der Waals surface area contributed by atoms with E-state index in [1.807, 2.05) is 0 Å². The van der Waals surface area contributed by atoms with Crippen molar-refractivity contribution in [2.24, 2.45) is 0 Å². The summed E-state index contributed by atoms with van der Waals surface area (Å²) in [6, 6.07) is 3.71. The van der Waals surface area contributed by atoms with E-state index in [0.29, 0.717) is 5.01 Å². The molecule has 19 heavy (non-hydrogen) atoms. The maximum absolute atomic E-state index is 11.9. The molecule has 0 spiro atoms. The lowest BCUT2D eigenvalue weighted by molar-refractivity contribution is -0.385. The molecule has 0 aliphatic rings. The number of para-hydroxylation sites is 1. The Hall–Kier alpha value is -2.55. The highest BCUT2D eigenvalue weighted by molar-refractivity contribution is 7.15. The van der Waals surface area contributed by atoms with E-state index in [2.05, 4.69) is 15.5 Å². The van der Waals surface area contributed by atoms with Gasteiger partial charge in [-0.05, 0) is 13.0 Å². The van der Waals surface area contributed by atoms with Crippen LogP contribution >= 0.6 is 11.3 Å². The van der Waals surface area contributed by atoms with Gasteiger partial charge in [-0.1, -0.05) is 17.4 Å². The van der Waals surface area contributed by atoms with E-state index >= 15 is 0 Å². The Morgan fingerprint density at radius 1 is 1.47 bits per heavy atom. The molecule has 0 saturated heterocycles. The Kier molecular flexibility index (Phi) is 3.38. The molecule has 1 amide bonds. The van der Waals surface area contributed by atoms with Crippen molar-refractivity contribution in [3.05, 3.63) is 38.9 Å². The van der Waals surface area contributed by atoms with Crippen LogP contribution < -0.4 is 5.32 Å². The number of nitrogens with zero attached hydrogens (tertiary/aromatic N) is 3. The third-order valence-corrected chi connectivity index (χ3v) is 2.96. The summed E-state index contributed by atoms with van der Waals surface area (Å²) < 4.78 is 0. The van der Waals surface area contributed by atoms with E-state index in [1.165, 1.54) is 12.1 Å². The normalized spacial score (nSPS) is 10.2. The SMILES string of the molecule is Cc1nnc(NC(=O)c2cccc([N+](=O)[O-])c2O)s1. The molecule has 1 heterocycles. The standard InChI is InChI=1S/C10H8N4O4S/c1-5-12-13-10(19-5)11-9(16)6-3-2-4-7(8(6)15)14(17)18/h2-4,15H,1H3,(H,11,13,16). The number of nitrogens with one attached hydrogen (secondary N) is 1. The second-order valence-electron chi connectivity index (χ2n) is 3.51. The van der Waals surface area contributed by atoms with Gasteiger partial charge < -0.3 is 5.11 Å². The lowest BCUT2D eigenvalue weighted by Crippen LogP contribution is -2.12. The van der Waals surface area contributed by atoms with E-state index in [0.717, 1.165) is 17.4 Å². The van der Waals surface area contributed by atoms with Crippen LogP contribution in [0.1, 0.15) is 15.4 Å². The number of phenolic OH excluding ortho intramolecular Hbond substituents is 1. The third-order valence-electron chi connectivity index (χ3n) is 2.20. The molecule has 1 aromatic heterocycles. The van der Waals surface area contributed by atoms with Crippen molar-refractivity contribution in [3.63, 3.8) is 0 Å². The number of amides is 1. The van der Waals surface area contributed by atoms with Crippen molar-refractivity contribution in [3.8, 4) is 5.75 Å². The van der Waals surface area contributed by atoms with Crippen molar-refractivity contribution < 1.29 is 14.8 Å². The van der Waals surface area contributed by atoms with Crippen molar-refractivity contribution >= 4 is 28.1 Å². The minimum Gasteiger partial charge on any atom is -0.502 e. The molecular weight excluding hydrogens is 272 g/mol. The molecular formula is C10H8N4O4S. The summed E-state index contributed by atoms with van der Waals surface area (Å²) in [6.45, 7) is 1.72. The minimum absolute atomic E-state index is 0.193. The van der Waals surface area contributed by atoms with Gasteiger partial charge in [0, 0.05) is 6.07 Å². The smallest absolute Gasteiger partial charge is 0.311 e. The van der Waals surface area contributed by atoms with Crippen LogP contribution in [0.2, 0.25) is 0 Å². The van der Waals surface area contributed by atoms with Crippen LogP contribution in [-0.2, 0) is 0 Å². The number of phenols is 1. The van der Waals surface area contributed by atoms with Crippen molar-refractivity contribution in [2.75, 3.05) is 5.32 Å². The Morgan fingerprint density at radius 2 is 2.21 bits per heavy atom. The number of hydrogen-bond acceptors (Lipinski definition) is 7. The van der Waals surface area contributed by atoms with Crippen molar-refractivity contribution in [1.82, 2.24) is 10.2 Å². The van der Waals surface area contributed by atoms with Crippen LogP contribution in [0.25, 0.3) is 0 Å². The predicted octanol–water partition coefficient (Wildman–Crippen LogP) is 1.71. The van der Waals surface area contributed by atoms with Gasteiger partial charge in [0.25, 0.3) is 5.91 Å². The number of benzene rings is 1. The number of nitro groups is 1. The first-order valence-electron chi connectivity index (χ1n) is 5.07. The molecule has 9 heteroatoms. The van der Waals surface area contributed by atoms with Crippen LogP contribution in [0, 0.1) is 17.0 Å². The first-order valence-corrected chi connectivity index (χ1v) is 5.88. The summed E-state index contributed by atoms with van der Waals surface area (Å²) in [5, 5.41) is 31.1. The number of carbonyl (C=O) groups is 1. The fraction of sp³-hybridized carbons (Fsp3) is 0.100. The molecule has 2 N–H and O–H groups in total. The average molecular weight is 280 g/mol. The van der Waals surface area contributed by atoms with E-state index in [1.54, 1.807) is 6.92 Å². The fourth-order valence-corrected chi connectivity index (χ4v) is 1.96. The summed E-state index contributed by atoms with van der Waals surface area (Å²) in [4.78, 5) is 21.8. The summed E-state index contributed by atoms with van der Waals surface area (Å²) in [7, 11) is 0. The molecule has 0 atom stereocenters. The molecule has 0 aliphatic heterocycles. The van der Waals surface area contributed by atoms with Gasteiger partial charge in [0.15, 0.2) is 0 Å². The number of hydrogen-bond donors (Lipinski definition) is 2. The maximum atomic E-state index is 11.9. The molecule has 0 saturated carbocycles. The maximum Gasteiger partial charge on any atom is 0.311 e. The predicted molar refractivity (Wildman–Crippen MR) is 67.4 cm³/mol. The zero-order valence-corrected chi connectivity index (χ0v) is 10.5. The Bertz CT molecular complexity index is 655. The highest BCUT2D eigenvalue weighted by Crippen LogP contribution is 2.29. The largest absolute Gasteiger partial charge is 0.502 e. The second kappa shape index (κ2) is 4.98. The number of aromatic nitrogens is 2. The number of rotatable bonds is 3.